The first-order chi connectivity index (χ1) is 9.50. The van der Waals surface area contributed by atoms with E-state index in [-0.39, 0.29) is 12.1 Å². The van der Waals surface area contributed by atoms with E-state index in [4.69, 9.17) is 0 Å². The van der Waals surface area contributed by atoms with Crippen LogP contribution in [-0.2, 0) is 0 Å². The van der Waals surface area contributed by atoms with Gasteiger partial charge in [-0.05, 0) is 72.8 Å². The van der Waals surface area contributed by atoms with Gasteiger partial charge in [-0.3, -0.25) is 4.90 Å². The van der Waals surface area contributed by atoms with Gasteiger partial charge in [0.2, 0.25) is 0 Å². The third kappa shape index (κ3) is 6.08. The zero-order valence-electron chi connectivity index (χ0n) is 14.0. The predicted octanol–water partition coefficient (Wildman–Crippen LogP) is 1.54. The molecular weight excluding hydrogens is 250 g/mol. The van der Waals surface area contributed by atoms with Gasteiger partial charge in [0.05, 0.1) is 6.61 Å². The summed E-state index contributed by atoms with van der Waals surface area (Å²) >= 11 is 0. The fraction of sp³-hybridized carbons (Fsp3) is 1.00. The van der Waals surface area contributed by atoms with E-state index in [1.54, 1.807) is 0 Å². The van der Waals surface area contributed by atoms with Crippen molar-refractivity contribution < 1.29 is 5.11 Å². The van der Waals surface area contributed by atoms with Crippen LogP contribution >= 0.6 is 0 Å². The van der Waals surface area contributed by atoms with Gasteiger partial charge in [0, 0.05) is 18.1 Å². The van der Waals surface area contributed by atoms with Gasteiger partial charge in [-0.25, -0.2) is 0 Å². The summed E-state index contributed by atoms with van der Waals surface area (Å²) in [6.45, 7) is 12.6. The molecule has 4 nitrogen and oxygen atoms in total. The minimum absolute atomic E-state index is 0.109. The summed E-state index contributed by atoms with van der Waals surface area (Å²) in [5.74, 6) is 0. The first-order valence-electron chi connectivity index (χ1n) is 8.29. The molecule has 1 fully saturated rings. The standard InChI is InChI=1S/C16H35N3O/c1-5-9-17-16(3,14-20)8-6-11-19-12-7-10-18(4)13-15(19)2/h15,17,20H,5-14H2,1-4H3. The van der Waals surface area contributed by atoms with Crippen LogP contribution in [0.5, 0.6) is 0 Å². The quantitative estimate of drug-likeness (QED) is 0.710. The number of aliphatic hydroxyl groups excluding tert-OH is 1. The Balaban J connectivity index is 2.34. The van der Waals surface area contributed by atoms with E-state index in [0.717, 1.165) is 32.4 Å². The topological polar surface area (TPSA) is 38.7 Å². The summed E-state index contributed by atoms with van der Waals surface area (Å²) in [7, 11) is 2.22. The van der Waals surface area contributed by atoms with Crippen molar-refractivity contribution in [1.82, 2.24) is 15.1 Å². The Morgan fingerprint density at radius 2 is 2.10 bits per heavy atom. The molecular formula is C16H35N3O. The summed E-state index contributed by atoms with van der Waals surface area (Å²) in [4.78, 5) is 5.05. The molecule has 1 saturated heterocycles. The van der Waals surface area contributed by atoms with Crippen LogP contribution in [0.1, 0.15) is 46.5 Å². The van der Waals surface area contributed by atoms with Crippen LogP contribution in [0.4, 0.5) is 0 Å². The van der Waals surface area contributed by atoms with Gasteiger partial charge in [-0.1, -0.05) is 6.92 Å². The maximum absolute atomic E-state index is 9.60. The average molecular weight is 285 g/mol. The van der Waals surface area contributed by atoms with Crippen molar-refractivity contribution in [2.75, 3.05) is 46.4 Å². The molecule has 2 atom stereocenters. The first-order valence-corrected chi connectivity index (χ1v) is 8.29. The Bertz CT molecular complexity index is 262. The molecule has 0 bridgehead atoms. The second-order valence-electron chi connectivity index (χ2n) is 6.75. The molecule has 1 rings (SSSR count). The molecule has 4 heteroatoms. The summed E-state index contributed by atoms with van der Waals surface area (Å²) < 4.78 is 0. The van der Waals surface area contributed by atoms with Gasteiger partial charge >= 0.3 is 0 Å². The van der Waals surface area contributed by atoms with Gasteiger partial charge in [0.1, 0.15) is 0 Å². The van der Waals surface area contributed by atoms with Crippen molar-refractivity contribution in [3.63, 3.8) is 0 Å². The van der Waals surface area contributed by atoms with Crippen molar-refractivity contribution in [2.45, 2.75) is 58.0 Å². The predicted molar refractivity (Wildman–Crippen MR) is 86.2 cm³/mol. The number of likely N-dealkylation sites (N-methyl/N-ethyl adjacent to an activating group) is 1. The number of nitrogens with one attached hydrogen (secondary N) is 1. The highest BCUT2D eigenvalue weighted by Gasteiger charge is 2.23. The summed E-state index contributed by atoms with van der Waals surface area (Å²) in [5, 5.41) is 13.1. The van der Waals surface area contributed by atoms with E-state index in [0.29, 0.717) is 6.04 Å². The number of nitrogens with zero attached hydrogens (tertiary/aromatic N) is 2. The molecule has 0 saturated carbocycles. The molecule has 2 N–H and O–H groups in total. The highest BCUT2D eigenvalue weighted by molar-refractivity contribution is 4.83. The Labute approximate surface area is 125 Å². The normalized spacial score (nSPS) is 25.4. The molecule has 1 heterocycles. The average Bonchev–Trinajstić information content (AvgIpc) is 2.58. The number of aliphatic hydroxyl groups is 1. The second-order valence-corrected chi connectivity index (χ2v) is 6.75. The van der Waals surface area contributed by atoms with Crippen LogP contribution in [0.15, 0.2) is 0 Å². The first kappa shape index (κ1) is 17.9. The van der Waals surface area contributed by atoms with Crippen molar-refractivity contribution in [3.05, 3.63) is 0 Å². The lowest BCUT2D eigenvalue weighted by molar-refractivity contribution is 0.148. The van der Waals surface area contributed by atoms with Crippen molar-refractivity contribution in [3.8, 4) is 0 Å². The van der Waals surface area contributed by atoms with Crippen LogP contribution in [0.2, 0.25) is 0 Å². The van der Waals surface area contributed by atoms with Crippen LogP contribution in [0.25, 0.3) is 0 Å². The smallest absolute Gasteiger partial charge is 0.0610 e. The van der Waals surface area contributed by atoms with Crippen LogP contribution in [0, 0.1) is 0 Å². The Morgan fingerprint density at radius 1 is 1.35 bits per heavy atom. The van der Waals surface area contributed by atoms with Gasteiger partial charge in [-0.2, -0.15) is 0 Å². The fourth-order valence-electron chi connectivity index (χ4n) is 3.08. The molecule has 0 aromatic rings. The van der Waals surface area contributed by atoms with Crippen LogP contribution in [-0.4, -0.2) is 72.9 Å². The highest BCUT2D eigenvalue weighted by Crippen LogP contribution is 2.15. The Kier molecular flexibility index (Phi) is 8.03. The zero-order chi connectivity index (χ0) is 15.0. The van der Waals surface area contributed by atoms with Crippen LogP contribution < -0.4 is 5.32 Å². The van der Waals surface area contributed by atoms with E-state index < -0.39 is 0 Å². The highest BCUT2D eigenvalue weighted by atomic mass is 16.3. The number of hydrogen-bond donors (Lipinski definition) is 2. The summed E-state index contributed by atoms with van der Waals surface area (Å²) in [5.41, 5.74) is -0.109. The van der Waals surface area contributed by atoms with Crippen LogP contribution in [0.3, 0.4) is 0 Å². The van der Waals surface area contributed by atoms with Gasteiger partial charge in [0.15, 0.2) is 0 Å². The Hall–Kier alpha value is -0.160. The third-order valence-corrected chi connectivity index (χ3v) is 4.51. The third-order valence-electron chi connectivity index (χ3n) is 4.51. The molecule has 0 aromatic carbocycles. The molecule has 0 amide bonds. The van der Waals surface area contributed by atoms with Gasteiger partial charge in [-0.15, -0.1) is 0 Å². The van der Waals surface area contributed by atoms with E-state index in [2.05, 4.69) is 42.9 Å². The molecule has 1 aliphatic heterocycles. The molecule has 0 aliphatic carbocycles. The van der Waals surface area contributed by atoms with E-state index >= 15 is 0 Å². The molecule has 2 unspecified atom stereocenters. The lowest BCUT2D eigenvalue weighted by Gasteiger charge is -2.32. The molecule has 120 valence electrons. The molecule has 0 radical (unpaired) electrons. The van der Waals surface area contributed by atoms with E-state index in [1.807, 2.05) is 0 Å². The van der Waals surface area contributed by atoms with Crippen molar-refractivity contribution in [2.24, 2.45) is 0 Å². The summed E-state index contributed by atoms with van der Waals surface area (Å²) in [6, 6.07) is 0.645. The van der Waals surface area contributed by atoms with Gasteiger partial charge in [0.25, 0.3) is 0 Å². The van der Waals surface area contributed by atoms with E-state index in [9.17, 15) is 5.11 Å². The fourth-order valence-corrected chi connectivity index (χ4v) is 3.08. The lowest BCUT2D eigenvalue weighted by atomic mass is 9.96. The molecule has 0 spiro atoms. The largest absolute Gasteiger partial charge is 0.394 e. The Morgan fingerprint density at radius 3 is 2.75 bits per heavy atom. The molecule has 0 aromatic heterocycles. The molecule has 20 heavy (non-hydrogen) atoms. The van der Waals surface area contributed by atoms with Gasteiger partial charge < -0.3 is 15.3 Å². The SMILES string of the molecule is CCCNC(C)(CO)CCCN1CCCN(C)CC1C. The maximum Gasteiger partial charge on any atom is 0.0610 e. The monoisotopic (exact) mass is 285 g/mol. The minimum atomic E-state index is -0.109. The molecule has 1 aliphatic rings. The minimum Gasteiger partial charge on any atom is -0.394 e. The maximum atomic E-state index is 9.60. The van der Waals surface area contributed by atoms with Crippen molar-refractivity contribution >= 4 is 0 Å². The second kappa shape index (κ2) is 8.98. The number of rotatable bonds is 8. The van der Waals surface area contributed by atoms with Crippen molar-refractivity contribution in [1.29, 1.82) is 0 Å². The van der Waals surface area contributed by atoms with E-state index in [1.165, 1.54) is 26.1 Å². The lowest BCUT2D eigenvalue weighted by Crippen LogP contribution is -2.47. The zero-order valence-corrected chi connectivity index (χ0v) is 14.0. The number of hydrogen-bond acceptors (Lipinski definition) is 4. The summed E-state index contributed by atoms with van der Waals surface area (Å²) in [6.07, 6.45) is 4.58.